The predicted octanol–water partition coefficient (Wildman–Crippen LogP) is 2.67. The number of ether oxygens (including phenoxy) is 1. The van der Waals surface area contributed by atoms with Crippen LogP contribution in [0.25, 0.3) is 0 Å². The van der Waals surface area contributed by atoms with Crippen molar-refractivity contribution in [3.8, 4) is 0 Å². The molecule has 28 heavy (non-hydrogen) atoms. The molecule has 0 aromatic heterocycles. The van der Waals surface area contributed by atoms with E-state index in [4.69, 9.17) is 4.74 Å². The molecular weight excluding hydrogens is 360 g/mol. The summed E-state index contributed by atoms with van der Waals surface area (Å²) in [6, 6.07) is 0. The SMILES string of the molecule is CCOC(=O)[C@@H]1CC=C2C3CCC4(O)CC(O)CCC4(C(=O)O)C3CCC21C. The molecule has 156 valence electrons. The average molecular weight is 392 g/mol. The van der Waals surface area contributed by atoms with E-state index in [9.17, 15) is 24.9 Å². The van der Waals surface area contributed by atoms with Crippen LogP contribution in [-0.4, -0.2) is 45.6 Å². The maximum atomic E-state index is 12.6. The number of esters is 1. The second-order valence-electron chi connectivity index (χ2n) is 9.61. The molecule has 6 unspecified atom stereocenters. The number of carbonyl (C=O) groups is 2. The Morgan fingerprint density at radius 2 is 1.96 bits per heavy atom. The van der Waals surface area contributed by atoms with E-state index in [2.05, 4.69) is 13.0 Å². The van der Waals surface area contributed by atoms with Crippen molar-refractivity contribution in [2.45, 2.75) is 76.9 Å². The third-order valence-corrected chi connectivity index (χ3v) is 8.59. The van der Waals surface area contributed by atoms with Gasteiger partial charge >= 0.3 is 11.9 Å². The van der Waals surface area contributed by atoms with Crippen LogP contribution in [0.1, 0.15) is 65.2 Å². The zero-order valence-corrected chi connectivity index (χ0v) is 16.8. The van der Waals surface area contributed by atoms with Crippen molar-refractivity contribution in [3.63, 3.8) is 0 Å². The smallest absolute Gasteiger partial charge is 0.312 e. The number of carboxylic acids is 1. The lowest BCUT2D eigenvalue weighted by atomic mass is 9.43. The van der Waals surface area contributed by atoms with Gasteiger partial charge < -0.3 is 20.1 Å². The molecule has 0 saturated heterocycles. The normalized spacial score (nSPS) is 47.4. The zero-order chi connectivity index (χ0) is 20.3. The van der Waals surface area contributed by atoms with Crippen molar-refractivity contribution in [1.82, 2.24) is 0 Å². The topological polar surface area (TPSA) is 104 Å². The maximum absolute atomic E-state index is 12.6. The fourth-order valence-corrected chi connectivity index (χ4v) is 7.27. The number of aliphatic carboxylic acids is 1. The van der Waals surface area contributed by atoms with Crippen molar-refractivity contribution in [2.24, 2.45) is 28.6 Å². The molecule has 0 aromatic carbocycles. The molecule has 6 nitrogen and oxygen atoms in total. The molecular formula is C22H32O6. The summed E-state index contributed by atoms with van der Waals surface area (Å²) in [5, 5.41) is 31.8. The van der Waals surface area contributed by atoms with Gasteiger partial charge in [-0.15, -0.1) is 0 Å². The number of hydrogen-bond acceptors (Lipinski definition) is 5. The van der Waals surface area contributed by atoms with Gasteiger partial charge in [0.15, 0.2) is 0 Å². The summed E-state index contributed by atoms with van der Waals surface area (Å²) >= 11 is 0. The molecule has 4 aliphatic rings. The Kier molecular flexibility index (Phi) is 4.66. The first kappa shape index (κ1) is 19.9. The van der Waals surface area contributed by atoms with Crippen LogP contribution < -0.4 is 0 Å². The van der Waals surface area contributed by atoms with Crippen LogP contribution in [0.4, 0.5) is 0 Å². The van der Waals surface area contributed by atoms with Gasteiger partial charge in [-0.1, -0.05) is 18.6 Å². The van der Waals surface area contributed by atoms with Gasteiger partial charge in [0.1, 0.15) is 0 Å². The molecule has 0 heterocycles. The van der Waals surface area contributed by atoms with E-state index in [0.29, 0.717) is 45.1 Å². The summed E-state index contributed by atoms with van der Waals surface area (Å²) in [4.78, 5) is 25.1. The minimum Gasteiger partial charge on any atom is -0.481 e. The molecule has 3 N–H and O–H groups in total. The molecule has 0 radical (unpaired) electrons. The summed E-state index contributed by atoms with van der Waals surface area (Å²) in [5.41, 5.74) is -1.64. The first-order valence-corrected chi connectivity index (χ1v) is 10.7. The number of allylic oxidation sites excluding steroid dienone is 2. The average Bonchev–Trinajstić information content (AvgIpc) is 2.98. The molecule has 4 rings (SSSR count). The highest BCUT2D eigenvalue weighted by molar-refractivity contribution is 5.78. The number of rotatable bonds is 3. The third-order valence-electron chi connectivity index (χ3n) is 8.59. The highest BCUT2D eigenvalue weighted by Gasteiger charge is 2.68. The van der Waals surface area contributed by atoms with Crippen LogP contribution in [0.5, 0.6) is 0 Å². The predicted molar refractivity (Wildman–Crippen MR) is 101 cm³/mol. The quantitative estimate of drug-likeness (QED) is 0.504. The van der Waals surface area contributed by atoms with Crippen LogP contribution in [0.2, 0.25) is 0 Å². The zero-order valence-electron chi connectivity index (χ0n) is 16.8. The Balaban J connectivity index is 1.69. The molecule has 0 aromatic rings. The lowest BCUT2D eigenvalue weighted by Gasteiger charge is -2.61. The molecule has 0 bridgehead atoms. The van der Waals surface area contributed by atoms with Crippen LogP contribution in [0.15, 0.2) is 11.6 Å². The minimum absolute atomic E-state index is 0.0739. The maximum Gasteiger partial charge on any atom is 0.312 e. The van der Waals surface area contributed by atoms with Crippen molar-refractivity contribution in [2.75, 3.05) is 6.61 Å². The third kappa shape index (κ3) is 2.46. The molecule has 0 amide bonds. The number of aliphatic hydroxyl groups is 2. The summed E-state index contributed by atoms with van der Waals surface area (Å²) in [6.07, 6.45) is 5.54. The van der Waals surface area contributed by atoms with E-state index in [0.717, 1.165) is 6.42 Å². The second-order valence-corrected chi connectivity index (χ2v) is 9.61. The second kappa shape index (κ2) is 6.56. The van der Waals surface area contributed by atoms with Gasteiger partial charge in [0, 0.05) is 11.8 Å². The molecule has 7 atom stereocenters. The molecule has 4 aliphatic carbocycles. The van der Waals surface area contributed by atoms with Crippen molar-refractivity contribution in [3.05, 3.63) is 11.6 Å². The van der Waals surface area contributed by atoms with Gasteiger partial charge in [-0.3, -0.25) is 9.59 Å². The van der Waals surface area contributed by atoms with E-state index in [1.807, 2.05) is 6.92 Å². The lowest BCUT2D eigenvalue weighted by molar-refractivity contribution is -0.223. The monoisotopic (exact) mass is 392 g/mol. The molecule has 0 aliphatic heterocycles. The summed E-state index contributed by atoms with van der Waals surface area (Å²) in [7, 11) is 0. The number of carboxylic acid groups (broad SMARTS) is 1. The van der Waals surface area contributed by atoms with Crippen molar-refractivity contribution < 1.29 is 29.6 Å². The van der Waals surface area contributed by atoms with Crippen LogP contribution >= 0.6 is 0 Å². The van der Waals surface area contributed by atoms with Gasteiger partial charge in [-0.25, -0.2) is 0 Å². The minimum atomic E-state index is -1.36. The van der Waals surface area contributed by atoms with Crippen LogP contribution in [-0.2, 0) is 14.3 Å². The van der Waals surface area contributed by atoms with Crippen LogP contribution in [0, 0.1) is 28.6 Å². The highest BCUT2D eigenvalue weighted by Crippen LogP contribution is 2.67. The first-order chi connectivity index (χ1) is 13.2. The van der Waals surface area contributed by atoms with E-state index < -0.39 is 23.1 Å². The Morgan fingerprint density at radius 3 is 2.64 bits per heavy atom. The Morgan fingerprint density at radius 1 is 1.21 bits per heavy atom. The van der Waals surface area contributed by atoms with E-state index in [1.165, 1.54) is 5.57 Å². The molecule has 3 fully saturated rings. The number of aliphatic hydroxyl groups excluding tert-OH is 1. The summed E-state index contributed by atoms with van der Waals surface area (Å²) in [5.74, 6) is -1.36. The van der Waals surface area contributed by atoms with Crippen molar-refractivity contribution >= 4 is 11.9 Å². The lowest BCUT2D eigenvalue weighted by Crippen LogP contribution is -2.66. The van der Waals surface area contributed by atoms with Gasteiger partial charge in [-0.05, 0) is 63.7 Å². The fraction of sp³-hybridized carbons (Fsp3) is 0.818. The fourth-order valence-electron chi connectivity index (χ4n) is 7.27. The molecule has 0 spiro atoms. The summed E-state index contributed by atoms with van der Waals surface area (Å²) in [6.45, 7) is 4.31. The number of fused-ring (bicyclic) bond motifs is 5. The van der Waals surface area contributed by atoms with Gasteiger partial charge in [0.05, 0.1) is 29.6 Å². The van der Waals surface area contributed by atoms with Crippen LogP contribution in [0.3, 0.4) is 0 Å². The van der Waals surface area contributed by atoms with E-state index in [1.54, 1.807) is 0 Å². The molecule has 6 heteroatoms. The van der Waals surface area contributed by atoms with Gasteiger partial charge in [0.2, 0.25) is 0 Å². The Labute approximate surface area is 166 Å². The summed E-state index contributed by atoms with van der Waals surface area (Å²) < 4.78 is 5.31. The first-order valence-electron chi connectivity index (χ1n) is 10.7. The van der Waals surface area contributed by atoms with E-state index in [-0.39, 0.29) is 35.6 Å². The van der Waals surface area contributed by atoms with Gasteiger partial charge in [-0.2, -0.15) is 0 Å². The van der Waals surface area contributed by atoms with E-state index >= 15 is 0 Å². The largest absolute Gasteiger partial charge is 0.481 e. The highest BCUT2D eigenvalue weighted by atomic mass is 16.5. The van der Waals surface area contributed by atoms with Gasteiger partial charge in [0.25, 0.3) is 0 Å². The number of carbonyl (C=O) groups excluding carboxylic acids is 1. The standard InChI is InChI=1S/C22H32O6/c1-3-28-18(24)17-5-4-15-14-7-10-21(27)12-13(23)6-11-22(21,19(25)26)16(14)8-9-20(15,17)2/h4,13-14,16-17,23,27H,3,5-12H2,1-2H3,(H,25,26)/t13?,14?,16?,17-,20?,21?,22?/m0/s1. The Hall–Kier alpha value is -1.40. The molecule has 3 saturated carbocycles. The Bertz CT molecular complexity index is 716. The van der Waals surface area contributed by atoms with Crippen molar-refractivity contribution in [1.29, 1.82) is 0 Å². The number of hydrogen-bond donors (Lipinski definition) is 3.